The Morgan fingerprint density at radius 2 is 2.17 bits per heavy atom. The van der Waals surface area contributed by atoms with E-state index >= 15 is 0 Å². The first-order valence-electron chi connectivity index (χ1n) is 8.05. The highest BCUT2D eigenvalue weighted by Crippen LogP contribution is 2.31. The molecule has 1 atom stereocenters. The summed E-state index contributed by atoms with van der Waals surface area (Å²) in [6.07, 6.45) is 2.10. The number of hydrogen-bond donors (Lipinski definition) is 1. The molecule has 0 bridgehead atoms. The van der Waals surface area contributed by atoms with Gasteiger partial charge in [-0.15, -0.1) is 5.10 Å². The minimum Gasteiger partial charge on any atom is -0.381 e. The molecule has 6 nitrogen and oxygen atoms in total. The third-order valence-electron chi connectivity index (χ3n) is 4.42. The SMILES string of the molecule is CC(C)n1cc(C2(O)CCN(C(=O)Cc3ccccc3F)C2)nn1. The van der Waals surface area contributed by atoms with Gasteiger partial charge in [0.05, 0.1) is 19.2 Å². The molecule has 1 saturated heterocycles. The highest BCUT2D eigenvalue weighted by atomic mass is 19.1. The first-order valence-corrected chi connectivity index (χ1v) is 8.05. The monoisotopic (exact) mass is 332 g/mol. The van der Waals surface area contributed by atoms with Crippen LogP contribution >= 0.6 is 0 Å². The van der Waals surface area contributed by atoms with Crippen LogP contribution in [-0.4, -0.2) is 44.0 Å². The molecular weight excluding hydrogens is 311 g/mol. The Bertz CT molecular complexity index is 746. The van der Waals surface area contributed by atoms with Crippen LogP contribution in [0.2, 0.25) is 0 Å². The predicted molar refractivity (Wildman–Crippen MR) is 85.6 cm³/mol. The van der Waals surface area contributed by atoms with Gasteiger partial charge in [0, 0.05) is 19.0 Å². The molecule has 128 valence electrons. The van der Waals surface area contributed by atoms with Crippen LogP contribution in [0.15, 0.2) is 30.5 Å². The summed E-state index contributed by atoms with van der Waals surface area (Å²) in [6, 6.07) is 6.39. The summed E-state index contributed by atoms with van der Waals surface area (Å²) in [5.41, 5.74) is -0.362. The summed E-state index contributed by atoms with van der Waals surface area (Å²) in [4.78, 5) is 14.0. The van der Waals surface area contributed by atoms with Crippen LogP contribution in [0.25, 0.3) is 0 Å². The zero-order valence-corrected chi connectivity index (χ0v) is 13.8. The Morgan fingerprint density at radius 1 is 1.42 bits per heavy atom. The number of carbonyl (C=O) groups is 1. The van der Waals surface area contributed by atoms with Gasteiger partial charge in [0.2, 0.25) is 5.91 Å². The molecular formula is C17H21FN4O2. The topological polar surface area (TPSA) is 71.2 Å². The first kappa shape index (κ1) is 16.6. The predicted octanol–water partition coefficient (Wildman–Crippen LogP) is 1.66. The smallest absolute Gasteiger partial charge is 0.227 e. The summed E-state index contributed by atoms with van der Waals surface area (Å²) in [5, 5.41) is 18.9. The number of rotatable bonds is 4. The van der Waals surface area contributed by atoms with Gasteiger partial charge in [-0.3, -0.25) is 4.79 Å². The Morgan fingerprint density at radius 3 is 2.83 bits per heavy atom. The minimum atomic E-state index is -1.20. The molecule has 0 saturated carbocycles. The molecule has 24 heavy (non-hydrogen) atoms. The van der Waals surface area contributed by atoms with Gasteiger partial charge < -0.3 is 10.0 Å². The van der Waals surface area contributed by atoms with Crippen LogP contribution in [0.5, 0.6) is 0 Å². The second-order valence-electron chi connectivity index (χ2n) is 6.54. The molecule has 0 spiro atoms. The lowest BCUT2D eigenvalue weighted by Crippen LogP contribution is -2.35. The van der Waals surface area contributed by atoms with E-state index in [0.29, 0.717) is 24.2 Å². The Labute approximate surface area is 139 Å². The number of halogens is 1. The van der Waals surface area contributed by atoms with Crippen molar-refractivity contribution < 1.29 is 14.3 Å². The normalized spacial score (nSPS) is 20.8. The van der Waals surface area contributed by atoms with Gasteiger partial charge in [0.15, 0.2) is 0 Å². The summed E-state index contributed by atoms with van der Waals surface area (Å²) in [5.74, 6) is -0.590. The molecule has 1 unspecified atom stereocenters. The zero-order chi connectivity index (χ0) is 17.3. The fourth-order valence-electron chi connectivity index (χ4n) is 2.87. The number of aromatic nitrogens is 3. The van der Waals surface area contributed by atoms with Crippen molar-refractivity contribution >= 4 is 5.91 Å². The number of carbonyl (C=O) groups excluding carboxylic acids is 1. The molecule has 1 aliphatic rings. The van der Waals surface area contributed by atoms with Crippen molar-refractivity contribution in [3.63, 3.8) is 0 Å². The molecule has 3 rings (SSSR count). The van der Waals surface area contributed by atoms with Crippen molar-refractivity contribution in [3.8, 4) is 0 Å². The lowest BCUT2D eigenvalue weighted by molar-refractivity contribution is -0.130. The Hall–Kier alpha value is -2.28. The van der Waals surface area contributed by atoms with Gasteiger partial charge in [-0.2, -0.15) is 0 Å². The van der Waals surface area contributed by atoms with E-state index in [2.05, 4.69) is 10.3 Å². The van der Waals surface area contributed by atoms with Crippen LogP contribution in [0.3, 0.4) is 0 Å². The summed E-state index contributed by atoms with van der Waals surface area (Å²) >= 11 is 0. The van der Waals surface area contributed by atoms with Crippen LogP contribution in [-0.2, 0) is 16.8 Å². The highest BCUT2D eigenvalue weighted by molar-refractivity contribution is 5.79. The highest BCUT2D eigenvalue weighted by Gasteiger charge is 2.41. The number of benzene rings is 1. The minimum absolute atomic E-state index is 0.0125. The molecule has 0 radical (unpaired) electrons. The molecule has 2 aromatic rings. The fourth-order valence-corrected chi connectivity index (χ4v) is 2.87. The van der Waals surface area contributed by atoms with E-state index in [9.17, 15) is 14.3 Å². The van der Waals surface area contributed by atoms with Crippen LogP contribution < -0.4 is 0 Å². The van der Waals surface area contributed by atoms with E-state index in [1.54, 1.807) is 34.0 Å². The first-order chi connectivity index (χ1) is 11.4. The summed E-state index contributed by atoms with van der Waals surface area (Å²) in [7, 11) is 0. The number of amides is 1. The van der Waals surface area contributed by atoms with Crippen LogP contribution in [0, 0.1) is 5.82 Å². The lowest BCUT2D eigenvalue weighted by Gasteiger charge is -2.21. The fraction of sp³-hybridized carbons (Fsp3) is 0.471. The van der Waals surface area contributed by atoms with E-state index < -0.39 is 5.60 Å². The number of likely N-dealkylation sites (tertiary alicyclic amines) is 1. The average Bonchev–Trinajstić information content (AvgIpc) is 3.17. The zero-order valence-electron chi connectivity index (χ0n) is 13.8. The quantitative estimate of drug-likeness (QED) is 0.924. The van der Waals surface area contributed by atoms with E-state index in [1.165, 1.54) is 6.07 Å². The molecule has 1 N–H and O–H groups in total. The maximum Gasteiger partial charge on any atom is 0.227 e. The van der Waals surface area contributed by atoms with Crippen LogP contribution in [0.1, 0.15) is 37.6 Å². The van der Waals surface area contributed by atoms with Crippen molar-refractivity contribution in [2.45, 2.75) is 38.3 Å². The van der Waals surface area contributed by atoms with Gasteiger partial charge in [-0.1, -0.05) is 23.4 Å². The van der Waals surface area contributed by atoms with E-state index in [4.69, 9.17) is 0 Å². The standard InChI is InChI=1S/C17H21FN4O2/c1-12(2)22-10-15(19-20-22)17(24)7-8-21(11-17)16(23)9-13-5-3-4-6-14(13)18/h3-6,10,12,24H,7-9,11H2,1-2H3. The van der Waals surface area contributed by atoms with E-state index in [-0.39, 0.29) is 30.7 Å². The number of β-amino-alcohol motifs (C(OH)–C–C–N with tert-alkyl or cyclic N) is 1. The number of nitrogens with zero attached hydrogens (tertiary/aromatic N) is 4. The maximum atomic E-state index is 13.7. The molecule has 1 aromatic heterocycles. The van der Waals surface area contributed by atoms with Crippen LogP contribution in [0.4, 0.5) is 4.39 Å². The van der Waals surface area contributed by atoms with E-state index in [1.807, 2.05) is 13.8 Å². The van der Waals surface area contributed by atoms with Gasteiger partial charge in [-0.05, 0) is 25.5 Å². The largest absolute Gasteiger partial charge is 0.381 e. The van der Waals surface area contributed by atoms with Crippen molar-refractivity contribution in [2.75, 3.05) is 13.1 Å². The molecule has 2 heterocycles. The maximum absolute atomic E-state index is 13.7. The number of hydrogen-bond acceptors (Lipinski definition) is 4. The van der Waals surface area contributed by atoms with Crippen molar-refractivity contribution in [1.29, 1.82) is 0 Å². The second kappa shape index (κ2) is 6.32. The van der Waals surface area contributed by atoms with E-state index in [0.717, 1.165) is 0 Å². The summed E-state index contributed by atoms with van der Waals surface area (Å²) in [6.45, 7) is 4.51. The summed E-state index contributed by atoms with van der Waals surface area (Å²) < 4.78 is 15.4. The van der Waals surface area contributed by atoms with Gasteiger partial charge >= 0.3 is 0 Å². The van der Waals surface area contributed by atoms with Gasteiger partial charge in [0.25, 0.3) is 0 Å². The number of aliphatic hydroxyl groups is 1. The Kier molecular flexibility index (Phi) is 4.36. The van der Waals surface area contributed by atoms with Gasteiger partial charge in [-0.25, -0.2) is 9.07 Å². The molecule has 1 aliphatic heterocycles. The lowest BCUT2D eigenvalue weighted by atomic mass is 10.00. The van der Waals surface area contributed by atoms with Crippen molar-refractivity contribution in [1.82, 2.24) is 19.9 Å². The third kappa shape index (κ3) is 3.17. The second-order valence-corrected chi connectivity index (χ2v) is 6.54. The third-order valence-corrected chi connectivity index (χ3v) is 4.42. The average molecular weight is 332 g/mol. The van der Waals surface area contributed by atoms with Crippen molar-refractivity contribution in [2.24, 2.45) is 0 Å². The molecule has 1 fully saturated rings. The molecule has 1 amide bonds. The Balaban J connectivity index is 1.69. The van der Waals surface area contributed by atoms with Gasteiger partial charge in [0.1, 0.15) is 17.1 Å². The molecule has 0 aliphatic carbocycles. The van der Waals surface area contributed by atoms with Crippen molar-refractivity contribution in [3.05, 3.63) is 47.5 Å². The molecule has 7 heteroatoms. The molecule has 1 aromatic carbocycles.